The number of piperidine rings is 1. The third-order valence-corrected chi connectivity index (χ3v) is 5.07. The fraction of sp³-hybridized carbons (Fsp3) is 0.556. The van der Waals surface area contributed by atoms with Crippen LogP contribution in [0, 0.1) is 5.92 Å². The van der Waals surface area contributed by atoms with Gasteiger partial charge in [-0.25, -0.2) is 4.79 Å². The second-order valence-electron chi connectivity index (χ2n) is 6.69. The average Bonchev–Trinajstić information content (AvgIpc) is 2.97. The minimum Gasteiger partial charge on any atom is -0.445 e. The Morgan fingerprint density at radius 1 is 1.33 bits per heavy atom. The van der Waals surface area contributed by atoms with Crippen LogP contribution in [-0.2, 0) is 16.1 Å². The molecule has 2 aliphatic rings. The zero-order chi connectivity index (χ0) is 17.1. The van der Waals surface area contributed by atoms with Crippen molar-refractivity contribution in [1.29, 1.82) is 0 Å². The molecule has 1 aromatic carbocycles. The molecule has 2 aliphatic heterocycles. The molecular weight excluding hydrogens is 308 g/mol. The van der Waals surface area contributed by atoms with Crippen molar-refractivity contribution in [2.45, 2.75) is 50.9 Å². The molecule has 2 amide bonds. The van der Waals surface area contributed by atoms with Crippen LogP contribution in [0.4, 0.5) is 4.79 Å². The second kappa shape index (κ2) is 7.21. The summed E-state index contributed by atoms with van der Waals surface area (Å²) >= 11 is 0. The lowest BCUT2D eigenvalue weighted by molar-refractivity contribution is -0.142. The number of carbonyl (C=O) groups excluding carboxylic acids is 2. The molecule has 0 spiro atoms. The van der Waals surface area contributed by atoms with Gasteiger partial charge in [0, 0.05) is 24.6 Å². The number of nitrogens with one attached hydrogen (secondary N) is 1. The maximum atomic E-state index is 12.7. The van der Waals surface area contributed by atoms with Crippen LogP contribution in [0.1, 0.15) is 31.7 Å². The fourth-order valence-electron chi connectivity index (χ4n) is 3.80. The monoisotopic (exact) mass is 332 g/mol. The van der Waals surface area contributed by atoms with E-state index in [-0.39, 0.29) is 37.1 Å². The Kier molecular flexibility index (Phi) is 5.04. The van der Waals surface area contributed by atoms with E-state index in [0.717, 1.165) is 24.8 Å². The van der Waals surface area contributed by atoms with Gasteiger partial charge in [-0.2, -0.15) is 0 Å². The molecule has 24 heavy (non-hydrogen) atoms. The van der Waals surface area contributed by atoms with Gasteiger partial charge in [0.2, 0.25) is 5.91 Å². The topological polar surface area (TPSA) is 78.9 Å². The summed E-state index contributed by atoms with van der Waals surface area (Å²) < 4.78 is 5.21. The zero-order valence-corrected chi connectivity index (χ0v) is 13.9. The van der Waals surface area contributed by atoms with Crippen LogP contribution >= 0.6 is 0 Å². The van der Waals surface area contributed by atoms with Gasteiger partial charge < -0.3 is 20.1 Å². The molecule has 2 saturated heterocycles. The number of ether oxygens (including phenoxy) is 1. The number of hydrogen-bond donors (Lipinski definition) is 2. The Labute approximate surface area is 141 Å². The third-order valence-electron chi connectivity index (χ3n) is 5.07. The molecule has 1 aromatic rings. The van der Waals surface area contributed by atoms with Gasteiger partial charge in [-0.3, -0.25) is 4.79 Å². The summed E-state index contributed by atoms with van der Waals surface area (Å²) in [5, 5.41) is 12.3. The van der Waals surface area contributed by atoms with Crippen molar-refractivity contribution in [2.75, 3.05) is 6.61 Å². The first-order valence-electron chi connectivity index (χ1n) is 8.50. The van der Waals surface area contributed by atoms with Crippen molar-refractivity contribution < 1.29 is 19.4 Å². The van der Waals surface area contributed by atoms with E-state index in [9.17, 15) is 14.7 Å². The summed E-state index contributed by atoms with van der Waals surface area (Å²) in [5.74, 6) is -0.361. The first-order valence-corrected chi connectivity index (χ1v) is 8.50. The number of benzene rings is 1. The molecule has 4 atom stereocenters. The summed E-state index contributed by atoms with van der Waals surface area (Å²) in [5.41, 5.74) is 0.884. The Morgan fingerprint density at radius 2 is 2.08 bits per heavy atom. The smallest absolute Gasteiger partial charge is 0.408 e. The Morgan fingerprint density at radius 3 is 2.79 bits per heavy atom. The highest BCUT2D eigenvalue weighted by Gasteiger charge is 2.46. The minimum absolute atomic E-state index is 0.105. The van der Waals surface area contributed by atoms with Crippen LogP contribution in [0.3, 0.4) is 0 Å². The molecular formula is C18H24N2O4. The van der Waals surface area contributed by atoms with E-state index >= 15 is 0 Å². The molecule has 3 unspecified atom stereocenters. The highest BCUT2D eigenvalue weighted by atomic mass is 16.5. The predicted molar refractivity (Wildman–Crippen MR) is 88.1 cm³/mol. The third kappa shape index (κ3) is 3.38. The largest absolute Gasteiger partial charge is 0.445 e. The van der Waals surface area contributed by atoms with Crippen molar-refractivity contribution in [3.05, 3.63) is 35.9 Å². The number of amides is 2. The van der Waals surface area contributed by atoms with E-state index in [2.05, 4.69) is 5.32 Å². The van der Waals surface area contributed by atoms with Crippen LogP contribution in [-0.4, -0.2) is 46.7 Å². The van der Waals surface area contributed by atoms with Crippen LogP contribution in [0.25, 0.3) is 0 Å². The van der Waals surface area contributed by atoms with Crippen molar-refractivity contribution >= 4 is 12.0 Å². The number of hydrogen-bond acceptors (Lipinski definition) is 4. The molecule has 0 saturated carbocycles. The van der Waals surface area contributed by atoms with E-state index in [1.165, 1.54) is 0 Å². The van der Waals surface area contributed by atoms with Gasteiger partial charge in [-0.05, 0) is 31.7 Å². The van der Waals surface area contributed by atoms with E-state index < -0.39 is 12.1 Å². The molecule has 0 bridgehead atoms. The summed E-state index contributed by atoms with van der Waals surface area (Å²) in [7, 11) is 0. The molecule has 2 fully saturated rings. The van der Waals surface area contributed by atoms with E-state index in [1.54, 1.807) is 0 Å². The van der Waals surface area contributed by atoms with E-state index in [1.807, 2.05) is 42.2 Å². The van der Waals surface area contributed by atoms with Gasteiger partial charge in [0.15, 0.2) is 0 Å². The predicted octanol–water partition coefficient (Wildman–Crippen LogP) is 1.67. The molecule has 0 aromatic heterocycles. The Bertz CT molecular complexity index is 592. The summed E-state index contributed by atoms with van der Waals surface area (Å²) in [6.07, 6.45) is 2.03. The molecule has 0 aliphatic carbocycles. The molecule has 0 radical (unpaired) electrons. The molecule has 6 nitrogen and oxygen atoms in total. The van der Waals surface area contributed by atoms with Gasteiger partial charge in [-0.15, -0.1) is 0 Å². The first kappa shape index (κ1) is 16.8. The normalized spacial score (nSPS) is 29.2. The lowest BCUT2D eigenvalue weighted by atomic mass is 9.87. The summed E-state index contributed by atoms with van der Waals surface area (Å²) in [6, 6.07) is 9.03. The van der Waals surface area contributed by atoms with Gasteiger partial charge in [0.1, 0.15) is 12.6 Å². The zero-order valence-electron chi connectivity index (χ0n) is 13.9. The van der Waals surface area contributed by atoms with Gasteiger partial charge >= 0.3 is 6.09 Å². The van der Waals surface area contributed by atoms with Crippen molar-refractivity contribution in [2.24, 2.45) is 5.92 Å². The molecule has 2 heterocycles. The van der Waals surface area contributed by atoms with E-state index in [4.69, 9.17) is 4.74 Å². The van der Waals surface area contributed by atoms with Crippen molar-refractivity contribution in [3.8, 4) is 0 Å². The molecule has 3 rings (SSSR count). The second-order valence-corrected chi connectivity index (χ2v) is 6.69. The first-order chi connectivity index (χ1) is 11.6. The number of carbonyl (C=O) groups is 2. The lowest BCUT2D eigenvalue weighted by Crippen LogP contribution is -2.60. The van der Waals surface area contributed by atoms with Crippen LogP contribution in [0.15, 0.2) is 30.3 Å². The Balaban J connectivity index is 1.61. The highest BCUT2D eigenvalue weighted by Crippen LogP contribution is 2.34. The highest BCUT2D eigenvalue weighted by molar-refractivity contribution is 5.87. The number of aliphatic hydroxyl groups excluding tert-OH is 1. The van der Waals surface area contributed by atoms with Gasteiger partial charge in [0.05, 0.1) is 0 Å². The number of aliphatic hydroxyl groups is 1. The number of rotatable bonds is 4. The summed E-state index contributed by atoms with van der Waals surface area (Å²) in [4.78, 5) is 26.7. The summed E-state index contributed by atoms with van der Waals surface area (Å²) in [6.45, 7) is 2.07. The van der Waals surface area contributed by atoms with E-state index in [0.29, 0.717) is 0 Å². The average molecular weight is 332 g/mol. The molecule has 6 heteroatoms. The quantitative estimate of drug-likeness (QED) is 0.879. The van der Waals surface area contributed by atoms with Gasteiger partial charge in [-0.1, -0.05) is 30.3 Å². The fourth-order valence-corrected chi connectivity index (χ4v) is 3.80. The minimum atomic E-state index is -0.713. The maximum Gasteiger partial charge on any atom is 0.408 e. The molecule has 130 valence electrons. The van der Waals surface area contributed by atoms with Crippen LogP contribution < -0.4 is 5.32 Å². The number of alkyl carbamates (subject to hydrolysis) is 1. The maximum absolute atomic E-state index is 12.7. The van der Waals surface area contributed by atoms with Crippen LogP contribution in [0.2, 0.25) is 0 Å². The number of fused-ring (bicyclic) bond motifs is 1. The lowest BCUT2D eigenvalue weighted by Gasteiger charge is -2.41. The SMILES string of the molecule is C[C@@H]1CCC2CC(CO)C(NC(=O)OCc3ccccc3)C(=O)N21. The Hall–Kier alpha value is -2.08. The van der Waals surface area contributed by atoms with Crippen molar-refractivity contribution in [1.82, 2.24) is 10.2 Å². The van der Waals surface area contributed by atoms with Crippen LogP contribution in [0.5, 0.6) is 0 Å². The van der Waals surface area contributed by atoms with Crippen molar-refractivity contribution in [3.63, 3.8) is 0 Å². The standard InChI is InChI=1S/C18H24N2O4/c1-12-7-8-15-9-14(10-21)16(17(22)20(12)15)19-18(23)24-11-13-5-3-2-4-6-13/h2-6,12,14-16,21H,7-11H2,1H3,(H,19,23)/t12-,14?,15?,16?/m1/s1. The molecule has 2 N–H and O–H groups in total. The number of nitrogens with zero attached hydrogens (tertiary/aromatic N) is 1. The van der Waals surface area contributed by atoms with Gasteiger partial charge in [0.25, 0.3) is 0 Å².